The highest BCUT2D eigenvalue weighted by Gasteiger charge is 2.09. The number of fused-ring (bicyclic) bond motifs is 1. The van der Waals surface area contributed by atoms with Crippen LogP contribution in [0.3, 0.4) is 0 Å². The van der Waals surface area contributed by atoms with Crippen LogP contribution in [0, 0.1) is 6.92 Å². The highest BCUT2D eigenvalue weighted by Crippen LogP contribution is 2.30. The van der Waals surface area contributed by atoms with Gasteiger partial charge in [-0.25, -0.2) is 0 Å². The Bertz CT molecular complexity index is 494. The molecule has 0 atom stereocenters. The second-order valence-electron chi connectivity index (χ2n) is 3.30. The summed E-state index contributed by atoms with van der Waals surface area (Å²) < 4.78 is 5.61. The van der Waals surface area contributed by atoms with Crippen LogP contribution in [0.25, 0.3) is 17.0 Å². The maximum Gasteiger partial charge on any atom is 0.157 e. The summed E-state index contributed by atoms with van der Waals surface area (Å²) in [5.41, 5.74) is 8.42. The van der Waals surface area contributed by atoms with Crippen molar-refractivity contribution in [3.8, 4) is 0 Å². The van der Waals surface area contributed by atoms with Gasteiger partial charge in [-0.1, -0.05) is 24.3 Å². The molecule has 2 aromatic rings. The molecule has 1 heterocycles. The van der Waals surface area contributed by atoms with Crippen molar-refractivity contribution >= 4 is 22.7 Å². The molecule has 0 saturated heterocycles. The zero-order valence-corrected chi connectivity index (χ0v) is 8.37. The van der Waals surface area contributed by atoms with Crippen molar-refractivity contribution in [1.82, 2.24) is 0 Å². The highest BCUT2D eigenvalue weighted by atomic mass is 16.3. The zero-order chi connectivity index (χ0) is 10.1. The maximum atomic E-state index is 5.82. The van der Waals surface area contributed by atoms with Crippen molar-refractivity contribution in [3.63, 3.8) is 0 Å². The van der Waals surface area contributed by atoms with Crippen molar-refractivity contribution < 1.29 is 4.42 Å². The van der Waals surface area contributed by atoms with E-state index in [0.717, 1.165) is 22.3 Å². The molecule has 0 radical (unpaired) electrons. The topological polar surface area (TPSA) is 39.2 Å². The summed E-state index contributed by atoms with van der Waals surface area (Å²) in [4.78, 5) is 0. The van der Waals surface area contributed by atoms with Crippen LogP contribution in [-0.4, -0.2) is 0 Å². The fraction of sp³-hybridized carbons (Fsp3) is 0.167. The van der Waals surface area contributed by atoms with Gasteiger partial charge in [-0.05, 0) is 19.9 Å². The number of benzene rings is 1. The first-order valence-electron chi connectivity index (χ1n) is 4.64. The first kappa shape index (κ1) is 8.88. The van der Waals surface area contributed by atoms with Gasteiger partial charge in [0.2, 0.25) is 0 Å². The molecule has 0 saturated carbocycles. The number of nitrogens with two attached hydrogens (primary N) is 1. The van der Waals surface area contributed by atoms with E-state index in [1.54, 1.807) is 0 Å². The maximum absolute atomic E-state index is 5.82. The number of anilines is 1. The van der Waals surface area contributed by atoms with Crippen molar-refractivity contribution in [2.45, 2.75) is 13.8 Å². The molecule has 0 aliphatic rings. The normalized spacial score (nSPS) is 11.6. The van der Waals surface area contributed by atoms with Gasteiger partial charge in [-0.2, -0.15) is 0 Å². The average molecular weight is 187 g/mol. The number of hydrogen-bond donors (Lipinski definition) is 1. The van der Waals surface area contributed by atoms with Crippen LogP contribution in [0.2, 0.25) is 0 Å². The average Bonchev–Trinajstić information content (AvgIpc) is 2.47. The number of nitrogen functional groups attached to an aromatic ring is 1. The SMILES string of the molecule is C/C=C\c1c(C)oc2c(N)cccc12. The summed E-state index contributed by atoms with van der Waals surface area (Å²) >= 11 is 0. The molecule has 1 aromatic heterocycles. The first-order chi connectivity index (χ1) is 6.74. The third kappa shape index (κ3) is 1.20. The van der Waals surface area contributed by atoms with Gasteiger partial charge in [0.25, 0.3) is 0 Å². The van der Waals surface area contributed by atoms with Gasteiger partial charge < -0.3 is 10.2 Å². The molecule has 14 heavy (non-hydrogen) atoms. The minimum absolute atomic E-state index is 0.696. The van der Waals surface area contributed by atoms with Gasteiger partial charge in [0.05, 0.1) is 5.69 Å². The van der Waals surface area contributed by atoms with Gasteiger partial charge in [0, 0.05) is 10.9 Å². The van der Waals surface area contributed by atoms with Crippen LogP contribution in [0.5, 0.6) is 0 Å². The number of para-hydroxylation sites is 1. The highest BCUT2D eigenvalue weighted by molar-refractivity contribution is 5.95. The molecule has 72 valence electrons. The largest absolute Gasteiger partial charge is 0.459 e. The summed E-state index contributed by atoms with van der Waals surface area (Å²) in [5, 5.41) is 1.08. The monoisotopic (exact) mass is 187 g/mol. The molecule has 2 nitrogen and oxygen atoms in total. The second kappa shape index (κ2) is 3.22. The molecular formula is C12H13NO. The number of hydrogen-bond acceptors (Lipinski definition) is 2. The lowest BCUT2D eigenvalue weighted by Crippen LogP contribution is -1.83. The molecule has 0 bridgehead atoms. The summed E-state index contributed by atoms with van der Waals surface area (Å²) in [6.45, 7) is 3.94. The fourth-order valence-electron chi connectivity index (χ4n) is 1.65. The molecule has 0 aliphatic heterocycles. The second-order valence-corrected chi connectivity index (χ2v) is 3.30. The van der Waals surface area contributed by atoms with E-state index in [9.17, 15) is 0 Å². The van der Waals surface area contributed by atoms with E-state index in [2.05, 4.69) is 0 Å². The van der Waals surface area contributed by atoms with E-state index in [4.69, 9.17) is 10.2 Å². The smallest absolute Gasteiger partial charge is 0.157 e. The van der Waals surface area contributed by atoms with E-state index in [0.29, 0.717) is 5.69 Å². The lowest BCUT2D eigenvalue weighted by Gasteiger charge is -1.93. The van der Waals surface area contributed by atoms with Gasteiger partial charge >= 0.3 is 0 Å². The molecule has 0 fully saturated rings. The summed E-state index contributed by atoms with van der Waals surface area (Å²) in [5.74, 6) is 0.913. The molecule has 0 spiro atoms. The Kier molecular flexibility index (Phi) is 2.04. The third-order valence-corrected chi connectivity index (χ3v) is 2.30. The van der Waals surface area contributed by atoms with Crippen LogP contribution in [0.4, 0.5) is 5.69 Å². The lowest BCUT2D eigenvalue weighted by molar-refractivity contribution is 0.578. The molecule has 2 heteroatoms. The number of rotatable bonds is 1. The Morgan fingerprint density at radius 2 is 2.14 bits per heavy atom. The van der Waals surface area contributed by atoms with E-state index < -0.39 is 0 Å². The van der Waals surface area contributed by atoms with E-state index >= 15 is 0 Å². The molecule has 1 aromatic carbocycles. The van der Waals surface area contributed by atoms with Crippen molar-refractivity contribution in [2.75, 3.05) is 5.73 Å². The molecule has 0 amide bonds. The Labute approximate surface area is 83.0 Å². The van der Waals surface area contributed by atoms with Crippen molar-refractivity contribution in [3.05, 3.63) is 35.6 Å². The predicted molar refractivity (Wildman–Crippen MR) is 60.1 cm³/mol. The molecule has 0 aliphatic carbocycles. The summed E-state index contributed by atoms with van der Waals surface area (Å²) in [7, 11) is 0. The minimum atomic E-state index is 0.696. The Morgan fingerprint density at radius 1 is 1.36 bits per heavy atom. The molecule has 2 N–H and O–H groups in total. The number of aryl methyl sites for hydroxylation is 1. The number of allylic oxidation sites excluding steroid dienone is 1. The standard InChI is InChI=1S/C12H13NO/c1-3-5-9-8(2)14-12-10(9)6-4-7-11(12)13/h3-7H,13H2,1-2H3/b5-3-. The zero-order valence-electron chi connectivity index (χ0n) is 8.37. The van der Waals surface area contributed by atoms with Crippen LogP contribution in [0.15, 0.2) is 28.7 Å². The summed E-state index contributed by atoms with van der Waals surface area (Å²) in [6.07, 6.45) is 4.04. The van der Waals surface area contributed by atoms with Gasteiger partial charge in [0.15, 0.2) is 5.58 Å². The van der Waals surface area contributed by atoms with Crippen molar-refractivity contribution in [2.24, 2.45) is 0 Å². The quantitative estimate of drug-likeness (QED) is 0.695. The first-order valence-corrected chi connectivity index (χ1v) is 4.64. The van der Waals surface area contributed by atoms with E-state index in [1.165, 1.54) is 0 Å². The van der Waals surface area contributed by atoms with E-state index in [-0.39, 0.29) is 0 Å². The third-order valence-electron chi connectivity index (χ3n) is 2.30. The van der Waals surface area contributed by atoms with E-state index in [1.807, 2.05) is 44.2 Å². The van der Waals surface area contributed by atoms with Gasteiger partial charge in [-0.15, -0.1) is 0 Å². The number of furan rings is 1. The van der Waals surface area contributed by atoms with Crippen molar-refractivity contribution in [1.29, 1.82) is 0 Å². The summed E-state index contributed by atoms with van der Waals surface area (Å²) in [6, 6.07) is 5.82. The van der Waals surface area contributed by atoms with Gasteiger partial charge in [0.1, 0.15) is 5.76 Å². The molecule has 0 unspecified atom stereocenters. The molecular weight excluding hydrogens is 174 g/mol. The van der Waals surface area contributed by atoms with Crippen LogP contribution >= 0.6 is 0 Å². The Morgan fingerprint density at radius 3 is 2.86 bits per heavy atom. The predicted octanol–water partition coefficient (Wildman–Crippen LogP) is 3.36. The minimum Gasteiger partial charge on any atom is -0.459 e. The Hall–Kier alpha value is -1.70. The Balaban J connectivity index is 2.83. The lowest BCUT2D eigenvalue weighted by atomic mass is 10.1. The van der Waals surface area contributed by atoms with Crippen LogP contribution in [-0.2, 0) is 0 Å². The van der Waals surface area contributed by atoms with Crippen LogP contribution < -0.4 is 5.73 Å². The molecule has 2 rings (SSSR count). The fourth-order valence-corrected chi connectivity index (χ4v) is 1.65. The van der Waals surface area contributed by atoms with Gasteiger partial charge in [-0.3, -0.25) is 0 Å². The van der Waals surface area contributed by atoms with Crippen LogP contribution in [0.1, 0.15) is 18.2 Å².